The number of carbonyl (C=O) groups excluding carboxylic acids is 6. The Balaban J connectivity index is 1.45. The fraction of sp³-hybridized carbons (Fsp3) is 0.577. The monoisotopic (exact) mass is 975 g/mol. The number of fused-ring (bicyclic) bond motifs is 2. The standard InChI is InChI=1S/C52H72F2N8O8/c1-11-41(59-49(65)29(7)55-9)51(67)61-25-35(69-45(63)17-27(3)4)21-33(61)23-39-37-15-13-31(53)19-43(37)57-47(39)48-40(38-16-14-32(54)20-44(38)58-48)24-34-22-36(70-46(64)18-28(5)6)26-62(34)52(68)42(12-2)60-50(66)30(8)56-10/h13-16,19-20,27-30,33-36,41-42,55-58H,11-12,17-18,21-26H2,1-10H3,(H,59,65)(H,60,66)/t29-,30-,33-,34-,35-,36-,41-,42-/m0/s1. The van der Waals surface area contributed by atoms with E-state index in [-0.39, 0.29) is 99.0 Å². The van der Waals surface area contributed by atoms with Crippen molar-refractivity contribution in [3.8, 4) is 11.4 Å². The van der Waals surface area contributed by atoms with E-state index in [4.69, 9.17) is 9.47 Å². The number of hydrogen-bond donors (Lipinski definition) is 6. The topological polar surface area (TPSA) is 207 Å². The van der Waals surface area contributed by atoms with Crippen molar-refractivity contribution in [3.05, 3.63) is 59.2 Å². The second kappa shape index (κ2) is 23.4. The normalized spacial score (nSPS) is 20.0. The van der Waals surface area contributed by atoms with Gasteiger partial charge >= 0.3 is 11.9 Å². The van der Waals surface area contributed by atoms with Crippen LogP contribution in [0, 0.1) is 23.5 Å². The molecule has 4 amide bonds. The first kappa shape index (κ1) is 53.5. The quantitative estimate of drug-likeness (QED) is 0.0554. The molecular formula is C52H72F2N8O8. The van der Waals surface area contributed by atoms with Crippen LogP contribution in [-0.4, -0.2) is 131 Å². The Hall–Kier alpha value is -5.88. The van der Waals surface area contributed by atoms with Crippen LogP contribution in [0.5, 0.6) is 0 Å². The van der Waals surface area contributed by atoms with E-state index in [9.17, 15) is 28.8 Å². The minimum atomic E-state index is -0.875. The van der Waals surface area contributed by atoms with Gasteiger partial charge in [-0.2, -0.15) is 0 Å². The Morgan fingerprint density at radius 3 is 1.33 bits per heavy atom. The Kier molecular flexibility index (Phi) is 17.8. The summed E-state index contributed by atoms with van der Waals surface area (Å²) in [4.78, 5) is 91.8. The molecule has 70 heavy (non-hydrogen) atoms. The number of nitrogens with zero attached hydrogens (tertiary/aromatic N) is 2. The number of esters is 2. The Labute approximate surface area is 409 Å². The smallest absolute Gasteiger partial charge is 0.306 e. The molecule has 6 rings (SSSR count). The Morgan fingerprint density at radius 1 is 0.629 bits per heavy atom. The average Bonchev–Trinajstić information content (AvgIpc) is 4.08. The van der Waals surface area contributed by atoms with Crippen molar-refractivity contribution in [2.75, 3.05) is 27.2 Å². The molecular weight excluding hydrogens is 903 g/mol. The van der Waals surface area contributed by atoms with Crippen LogP contribution < -0.4 is 21.3 Å². The second-order valence-electron chi connectivity index (χ2n) is 19.9. The molecule has 8 atom stereocenters. The molecule has 16 nitrogen and oxygen atoms in total. The molecule has 0 spiro atoms. The summed E-state index contributed by atoms with van der Waals surface area (Å²) in [5, 5.41) is 12.9. The Bertz CT molecular complexity index is 2370. The zero-order valence-corrected chi connectivity index (χ0v) is 42.2. The van der Waals surface area contributed by atoms with Crippen LogP contribution in [0.25, 0.3) is 33.2 Å². The van der Waals surface area contributed by atoms with Crippen molar-refractivity contribution in [1.82, 2.24) is 41.0 Å². The first-order chi connectivity index (χ1) is 33.2. The van der Waals surface area contributed by atoms with E-state index in [1.165, 1.54) is 24.3 Å². The van der Waals surface area contributed by atoms with Gasteiger partial charge in [0.1, 0.15) is 35.9 Å². The number of H-pyrrole nitrogens is 2. The third-order valence-corrected chi connectivity index (χ3v) is 13.6. The lowest BCUT2D eigenvalue weighted by Crippen LogP contribution is -2.53. The number of aromatic nitrogens is 2. The van der Waals surface area contributed by atoms with Gasteiger partial charge in [0.2, 0.25) is 23.6 Å². The highest BCUT2D eigenvalue weighted by Crippen LogP contribution is 2.40. The molecule has 4 heterocycles. The number of carbonyl (C=O) groups is 6. The van der Waals surface area contributed by atoms with Gasteiger partial charge in [-0.15, -0.1) is 0 Å². The molecule has 0 bridgehead atoms. The molecule has 6 N–H and O–H groups in total. The average molecular weight is 975 g/mol. The van der Waals surface area contributed by atoms with E-state index in [1.54, 1.807) is 49.9 Å². The van der Waals surface area contributed by atoms with Crippen molar-refractivity contribution in [3.63, 3.8) is 0 Å². The number of amides is 4. The van der Waals surface area contributed by atoms with E-state index < -0.39 is 60.1 Å². The summed E-state index contributed by atoms with van der Waals surface area (Å²) in [5.41, 5.74) is 3.41. The van der Waals surface area contributed by atoms with Gasteiger partial charge in [0.05, 0.1) is 36.6 Å². The van der Waals surface area contributed by atoms with Crippen LogP contribution in [0.3, 0.4) is 0 Å². The number of ether oxygens (including phenoxy) is 2. The summed E-state index contributed by atoms with van der Waals surface area (Å²) < 4.78 is 42.2. The third-order valence-electron chi connectivity index (χ3n) is 13.6. The number of halogens is 2. The highest BCUT2D eigenvalue weighted by Gasteiger charge is 2.43. The molecule has 0 radical (unpaired) electrons. The lowest BCUT2D eigenvalue weighted by Gasteiger charge is -2.30. The van der Waals surface area contributed by atoms with E-state index in [0.29, 0.717) is 57.2 Å². The largest absolute Gasteiger partial charge is 0.460 e. The number of nitrogens with one attached hydrogen (secondary N) is 6. The van der Waals surface area contributed by atoms with Crippen molar-refractivity contribution < 1.29 is 47.0 Å². The summed E-state index contributed by atoms with van der Waals surface area (Å²) in [5.74, 6) is -3.01. The van der Waals surface area contributed by atoms with Gasteiger partial charge in [-0.25, -0.2) is 8.78 Å². The number of rotatable bonds is 21. The van der Waals surface area contributed by atoms with Crippen LogP contribution >= 0.6 is 0 Å². The Morgan fingerprint density at radius 2 is 1.00 bits per heavy atom. The van der Waals surface area contributed by atoms with Gasteiger partial charge in [0.15, 0.2) is 0 Å². The fourth-order valence-corrected chi connectivity index (χ4v) is 9.69. The highest BCUT2D eigenvalue weighted by atomic mass is 19.1. The number of likely N-dealkylation sites (tertiary alicyclic amines) is 2. The third kappa shape index (κ3) is 12.5. The van der Waals surface area contributed by atoms with Crippen LogP contribution in [0.1, 0.15) is 105 Å². The minimum Gasteiger partial charge on any atom is -0.460 e. The summed E-state index contributed by atoms with van der Waals surface area (Å²) in [7, 11) is 3.31. The summed E-state index contributed by atoms with van der Waals surface area (Å²) in [6.45, 7) is 14.9. The molecule has 2 aromatic heterocycles. The first-order valence-corrected chi connectivity index (χ1v) is 24.8. The summed E-state index contributed by atoms with van der Waals surface area (Å²) in [6.07, 6.45) is 0.671. The summed E-state index contributed by atoms with van der Waals surface area (Å²) >= 11 is 0. The molecule has 2 fully saturated rings. The molecule has 0 unspecified atom stereocenters. The number of likely N-dealkylation sites (N-methyl/N-ethyl adjacent to an activating group) is 2. The molecule has 382 valence electrons. The van der Waals surface area contributed by atoms with Crippen LogP contribution in [0.15, 0.2) is 36.4 Å². The maximum Gasteiger partial charge on any atom is 0.306 e. The lowest BCUT2D eigenvalue weighted by atomic mass is 9.94. The SMILES string of the molecule is CC[C@H](NC(=O)[C@H](C)NC)C(=O)N1C[C@@H](OC(=O)CC(C)C)C[C@H]1Cc1c(-c2[nH]c3cc(F)ccc3c2C[C@@H]2C[C@H](OC(=O)CC(C)C)CN2C(=O)[C@H](CC)NC(=O)[C@H](C)NC)[nH]c2cc(F)ccc12. The van der Waals surface area contributed by atoms with Gasteiger partial charge < -0.3 is 50.5 Å². The first-order valence-electron chi connectivity index (χ1n) is 24.8. The maximum atomic E-state index is 15.1. The lowest BCUT2D eigenvalue weighted by molar-refractivity contribution is -0.150. The van der Waals surface area contributed by atoms with Gasteiger partial charge in [-0.05, 0) is 113 Å². The second-order valence-corrected chi connectivity index (χ2v) is 19.9. The number of aromatic amines is 2. The van der Waals surface area contributed by atoms with E-state index in [0.717, 1.165) is 0 Å². The number of benzene rings is 2. The predicted molar refractivity (Wildman–Crippen MR) is 263 cm³/mol. The van der Waals surface area contributed by atoms with Crippen molar-refractivity contribution in [2.45, 2.75) is 155 Å². The summed E-state index contributed by atoms with van der Waals surface area (Å²) in [6, 6.07) is 4.82. The predicted octanol–water partition coefficient (Wildman–Crippen LogP) is 5.80. The van der Waals surface area contributed by atoms with Crippen molar-refractivity contribution in [1.29, 1.82) is 0 Å². The van der Waals surface area contributed by atoms with Crippen LogP contribution in [0.4, 0.5) is 8.78 Å². The van der Waals surface area contributed by atoms with Crippen LogP contribution in [0.2, 0.25) is 0 Å². The highest BCUT2D eigenvalue weighted by molar-refractivity contribution is 5.97. The molecule has 2 aromatic carbocycles. The van der Waals surface area contributed by atoms with Gasteiger partial charge in [-0.3, -0.25) is 28.8 Å². The van der Waals surface area contributed by atoms with E-state index in [1.807, 2.05) is 41.5 Å². The number of hydrogen-bond acceptors (Lipinski definition) is 10. The molecule has 0 saturated carbocycles. The zero-order chi connectivity index (χ0) is 51.1. The molecule has 4 aromatic rings. The maximum absolute atomic E-state index is 15.1. The van der Waals surface area contributed by atoms with E-state index >= 15 is 8.78 Å². The van der Waals surface area contributed by atoms with E-state index in [2.05, 4.69) is 31.2 Å². The van der Waals surface area contributed by atoms with Gasteiger partial charge in [0, 0.05) is 59.6 Å². The molecule has 2 aliphatic heterocycles. The molecule has 2 saturated heterocycles. The van der Waals surface area contributed by atoms with Gasteiger partial charge in [0.25, 0.3) is 0 Å². The van der Waals surface area contributed by atoms with Crippen LogP contribution in [-0.2, 0) is 51.1 Å². The molecule has 18 heteroatoms. The van der Waals surface area contributed by atoms with Crippen molar-refractivity contribution >= 4 is 57.4 Å². The van der Waals surface area contributed by atoms with Crippen molar-refractivity contribution in [2.24, 2.45) is 11.8 Å². The van der Waals surface area contributed by atoms with Gasteiger partial charge in [-0.1, -0.05) is 41.5 Å². The zero-order valence-electron chi connectivity index (χ0n) is 42.2. The molecule has 2 aliphatic rings. The molecule has 0 aliphatic carbocycles. The fourth-order valence-electron chi connectivity index (χ4n) is 9.69. The minimum absolute atomic E-state index is 0.0470.